The van der Waals surface area contributed by atoms with Gasteiger partial charge in [0, 0.05) is 32.4 Å². The van der Waals surface area contributed by atoms with Crippen LogP contribution in [0.15, 0.2) is 23.1 Å². The number of carbonyl (C=O) groups is 1. The molecule has 0 saturated carbocycles. The summed E-state index contributed by atoms with van der Waals surface area (Å²) in [6, 6.07) is 4.64. The monoisotopic (exact) mass is 385 g/mol. The lowest BCUT2D eigenvalue weighted by atomic mass is 10.2. The molecule has 2 rings (SSSR count). The molecule has 9 heteroatoms. The van der Waals surface area contributed by atoms with Crippen molar-refractivity contribution in [3.8, 4) is 5.75 Å². The second kappa shape index (κ2) is 9.86. The number of sulfonamides is 1. The maximum atomic E-state index is 13.0. The Labute approximate surface area is 154 Å². The van der Waals surface area contributed by atoms with Crippen molar-refractivity contribution in [3.05, 3.63) is 18.2 Å². The van der Waals surface area contributed by atoms with Gasteiger partial charge in [0.15, 0.2) is 0 Å². The van der Waals surface area contributed by atoms with E-state index >= 15 is 0 Å². The predicted molar refractivity (Wildman–Crippen MR) is 99.0 cm³/mol. The second-order valence-electron chi connectivity index (χ2n) is 6.05. The highest BCUT2D eigenvalue weighted by molar-refractivity contribution is 7.89. The number of nitrogens with zero attached hydrogens (tertiary/aromatic N) is 1. The maximum absolute atomic E-state index is 13.0. The van der Waals surface area contributed by atoms with Crippen molar-refractivity contribution >= 4 is 21.6 Å². The van der Waals surface area contributed by atoms with Gasteiger partial charge in [-0.15, -0.1) is 0 Å². The summed E-state index contributed by atoms with van der Waals surface area (Å²) >= 11 is 0. The molecular weight excluding hydrogens is 358 g/mol. The van der Waals surface area contributed by atoms with E-state index in [0.29, 0.717) is 31.9 Å². The lowest BCUT2D eigenvalue weighted by molar-refractivity contribution is -0.115. The number of amides is 1. The first-order valence-electron chi connectivity index (χ1n) is 8.66. The minimum absolute atomic E-state index is 0.0760. The Bertz CT molecular complexity index is 702. The first-order chi connectivity index (χ1) is 12.5. The molecule has 1 aromatic carbocycles. The molecular formula is C17H27N3O5S. The summed E-state index contributed by atoms with van der Waals surface area (Å²) in [4.78, 5) is 12.1. The van der Waals surface area contributed by atoms with Crippen LogP contribution in [-0.4, -0.2) is 65.6 Å². The van der Waals surface area contributed by atoms with Gasteiger partial charge in [0.2, 0.25) is 15.9 Å². The van der Waals surface area contributed by atoms with Gasteiger partial charge < -0.3 is 20.1 Å². The third kappa shape index (κ3) is 5.41. The number of anilines is 1. The van der Waals surface area contributed by atoms with Crippen LogP contribution < -0.4 is 15.4 Å². The number of rotatable bonds is 9. The summed E-state index contributed by atoms with van der Waals surface area (Å²) in [5.74, 6) is 0.0133. The summed E-state index contributed by atoms with van der Waals surface area (Å²) in [5, 5.41) is 5.64. The molecule has 0 unspecified atom stereocenters. The van der Waals surface area contributed by atoms with Gasteiger partial charge in [-0.2, -0.15) is 4.31 Å². The normalized spacial score (nSPS) is 15.6. The topological polar surface area (TPSA) is 97.0 Å². The summed E-state index contributed by atoms with van der Waals surface area (Å²) in [6.07, 6.45) is 2.74. The fourth-order valence-corrected chi connectivity index (χ4v) is 4.48. The zero-order chi connectivity index (χ0) is 19.0. The molecule has 0 spiro atoms. The summed E-state index contributed by atoms with van der Waals surface area (Å²) in [7, 11) is -0.643. The third-order valence-electron chi connectivity index (χ3n) is 4.15. The van der Waals surface area contributed by atoms with E-state index in [4.69, 9.17) is 9.47 Å². The smallest absolute Gasteiger partial charge is 0.246 e. The number of hydrogen-bond acceptors (Lipinski definition) is 6. The summed E-state index contributed by atoms with van der Waals surface area (Å²) in [6.45, 7) is 2.19. The van der Waals surface area contributed by atoms with Crippen LogP contribution in [-0.2, 0) is 19.6 Å². The number of nitrogens with one attached hydrogen (secondary N) is 2. The zero-order valence-electron chi connectivity index (χ0n) is 15.3. The molecule has 1 aliphatic rings. The standard InChI is InChI=1S/C17H27N3O5S/c1-24-11-8-18-13-17(21)19-14-6-7-15(25-2)16(12-14)26(22,23)20-9-4-3-5-10-20/h6-7,12,18H,3-5,8-11,13H2,1-2H3,(H,19,21). The number of ether oxygens (including phenoxy) is 2. The maximum Gasteiger partial charge on any atom is 0.246 e. The number of hydrogen-bond donors (Lipinski definition) is 2. The Balaban J connectivity index is 2.13. The highest BCUT2D eigenvalue weighted by atomic mass is 32.2. The number of piperidine rings is 1. The van der Waals surface area contributed by atoms with Gasteiger partial charge in [0.25, 0.3) is 0 Å². The van der Waals surface area contributed by atoms with Gasteiger partial charge in [-0.1, -0.05) is 6.42 Å². The van der Waals surface area contributed by atoms with E-state index < -0.39 is 10.0 Å². The molecule has 1 aliphatic heterocycles. The number of benzene rings is 1. The summed E-state index contributed by atoms with van der Waals surface area (Å²) in [5.41, 5.74) is 0.417. The van der Waals surface area contributed by atoms with E-state index in [1.165, 1.54) is 17.5 Å². The van der Waals surface area contributed by atoms with Crippen molar-refractivity contribution in [2.45, 2.75) is 24.2 Å². The molecule has 1 heterocycles. The average Bonchev–Trinajstić information content (AvgIpc) is 2.66. The van der Waals surface area contributed by atoms with Crippen molar-refractivity contribution < 1.29 is 22.7 Å². The molecule has 26 heavy (non-hydrogen) atoms. The lowest BCUT2D eigenvalue weighted by Gasteiger charge is -2.26. The molecule has 0 aromatic heterocycles. The Morgan fingerprint density at radius 3 is 2.58 bits per heavy atom. The van der Waals surface area contributed by atoms with Gasteiger partial charge in [0.05, 0.1) is 20.3 Å². The molecule has 0 bridgehead atoms. The Morgan fingerprint density at radius 1 is 1.19 bits per heavy atom. The van der Waals surface area contributed by atoms with Crippen molar-refractivity contribution in [2.75, 3.05) is 52.3 Å². The van der Waals surface area contributed by atoms with Gasteiger partial charge in [-0.25, -0.2) is 8.42 Å². The van der Waals surface area contributed by atoms with Crippen molar-refractivity contribution in [3.63, 3.8) is 0 Å². The van der Waals surface area contributed by atoms with Crippen LogP contribution in [0.25, 0.3) is 0 Å². The Morgan fingerprint density at radius 2 is 1.92 bits per heavy atom. The molecule has 8 nitrogen and oxygen atoms in total. The van der Waals surface area contributed by atoms with Crippen molar-refractivity contribution in [1.82, 2.24) is 9.62 Å². The molecule has 1 amide bonds. The van der Waals surface area contributed by atoms with E-state index in [0.717, 1.165) is 19.3 Å². The fraction of sp³-hybridized carbons (Fsp3) is 0.588. The SMILES string of the molecule is COCCNCC(=O)Nc1ccc(OC)c(S(=O)(=O)N2CCCCC2)c1. The van der Waals surface area contributed by atoms with E-state index in [2.05, 4.69) is 10.6 Å². The molecule has 0 radical (unpaired) electrons. The molecule has 1 fully saturated rings. The predicted octanol–water partition coefficient (Wildman–Crippen LogP) is 1.04. The first-order valence-corrected chi connectivity index (χ1v) is 10.1. The van der Waals surface area contributed by atoms with Crippen LogP contribution in [0, 0.1) is 0 Å². The minimum Gasteiger partial charge on any atom is -0.495 e. The molecule has 146 valence electrons. The van der Waals surface area contributed by atoms with Crippen molar-refractivity contribution in [2.24, 2.45) is 0 Å². The molecule has 2 N–H and O–H groups in total. The highest BCUT2D eigenvalue weighted by Gasteiger charge is 2.29. The van der Waals surface area contributed by atoms with Gasteiger partial charge in [-0.05, 0) is 31.0 Å². The van der Waals surface area contributed by atoms with Crippen LogP contribution in [0.2, 0.25) is 0 Å². The quantitative estimate of drug-likeness (QED) is 0.617. The van der Waals surface area contributed by atoms with Crippen LogP contribution in [0.4, 0.5) is 5.69 Å². The van der Waals surface area contributed by atoms with Gasteiger partial charge in [0.1, 0.15) is 10.6 Å². The second-order valence-corrected chi connectivity index (χ2v) is 7.95. The van der Waals surface area contributed by atoms with E-state index in [1.54, 1.807) is 19.2 Å². The van der Waals surface area contributed by atoms with Crippen LogP contribution in [0.5, 0.6) is 5.75 Å². The molecule has 1 aromatic rings. The minimum atomic E-state index is -3.66. The van der Waals surface area contributed by atoms with E-state index in [9.17, 15) is 13.2 Å². The first kappa shape index (κ1) is 20.6. The van der Waals surface area contributed by atoms with Crippen LogP contribution >= 0.6 is 0 Å². The number of carbonyl (C=O) groups excluding carboxylic acids is 1. The van der Waals surface area contributed by atoms with Crippen LogP contribution in [0.3, 0.4) is 0 Å². The van der Waals surface area contributed by atoms with E-state index in [1.807, 2.05) is 0 Å². The highest BCUT2D eigenvalue weighted by Crippen LogP contribution is 2.31. The zero-order valence-corrected chi connectivity index (χ0v) is 16.1. The lowest BCUT2D eigenvalue weighted by Crippen LogP contribution is -2.35. The average molecular weight is 385 g/mol. The molecule has 1 saturated heterocycles. The summed E-state index contributed by atoms with van der Waals surface area (Å²) < 4.78 is 37.5. The molecule has 0 atom stereocenters. The third-order valence-corrected chi connectivity index (χ3v) is 6.07. The van der Waals surface area contributed by atoms with E-state index in [-0.39, 0.29) is 23.1 Å². The molecule has 0 aliphatic carbocycles. The van der Waals surface area contributed by atoms with Gasteiger partial charge in [-0.3, -0.25) is 4.79 Å². The Hall–Kier alpha value is -1.68. The van der Waals surface area contributed by atoms with Crippen LogP contribution in [0.1, 0.15) is 19.3 Å². The largest absolute Gasteiger partial charge is 0.495 e. The van der Waals surface area contributed by atoms with Gasteiger partial charge >= 0.3 is 0 Å². The fourth-order valence-electron chi connectivity index (χ4n) is 2.78. The van der Waals surface area contributed by atoms with Crippen molar-refractivity contribution in [1.29, 1.82) is 0 Å². The number of methoxy groups -OCH3 is 2. The Kier molecular flexibility index (Phi) is 7.83.